The summed E-state index contributed by atoms with van der Waals surface area (Å²) in [4.78, 5) is 0. The minimum atomic E-state index is -0.352. The van der Waals surface area contributed by atoms with Crippen LogP contribution >= 0.6 is 0 Å². The molecule has 0 radical (unpaired) electrons. The molecule has 2 aromatic rings. The molecule has 0 N–H and O–H groups in total. The van der Waals surface area contributed by atoms with Crippen LogP contribution in [0.1, 0.15) is 5.56 Å². The van der Waals surface area contributed by atoms with Crippen molar-refractivity contribution in [3.05, 3.63) is 71.2 Å². The largest absolute Gasteiger partial charge is 0.618 e. The highest BCUT2D eigenvalue weighted by Gasteiger charge is 2.00. The lowest BCUT2D eigenvalue weighted by atomic mass is 10.2. The Balaban J connectivity index is 2.32. The fraction of sp³-hybridized carbons (Fsp3) is 0. The van der Waals surface area contributed by atoms with Gasteiger partial charge in [0.25, 0.3) is 0 Å². The molecule has 3 heteroatoms. The first-order chi connectivity index (χ1) is 7.75. The van der Waals surface area contributed by atoms with E-state index in [1.54, 1.807) is 36.4 Å². The molecule has 0 bridgehead atoms. The van der Waals surface area contributed by atoms with Crippen molar-refractivity contribution in [2.45, 2.75) is 0 Å². The molecule has 0 aliphatic heterocycles. The maximum Gasteiger partial charge on any atom is 0.216 e. The Bertz CT molecular complexity index is 508. The van der Waals surface area contributed by atoms with Crippen molar-refractivity contribution >= 4 is 11.9 Å². The quantitative estimate of drug-likeness (QED) is 0.327. The van der Waals surface area contributed by atoms with Crippen LogP contribution in [0, 0.1) is 11.0 Å². The van der Waals surface area contributed by atoms with Crippen molar-refractivity contribution in [2.75, 3.05) is 0 Å². The van der Waals surface area contributed by atoms with Gasteiger partial charge in [0.05, 0.1) is 0 Å². The predicted octanol–water partition coefficient (Wildman–Crippen LogP) is 3.09. The van der Waals surface area contributed by atoms with E-state index in [9.17, 15) is 9.60 Å². The van der Waals surface area contributed by atoms with Crippen molar-refractivity contribution in [3.8, 4) is 0 Å². The standard InChI is InChI=1S/C13H10FNO/c14-12-6-4-5-11(9-12)10-15(16)13-7-2-1-3-8-13/h1-10H/b15-10-. The number of nitrogens with zero attached hydrogens (tertiary/aromatic N) is 1. The van der Waals surface area contributed by atoms with Crippen LogP contribution in [0.4, 0.5) is 10.1 Å². The zero-order valence-electron chi connectivity index (χ0n) is 8.51. The topological polar surface area (TPSA) is 26.1 Å². The molecule has 0 saturated carbocycles. The molecule has 2 aromatic carbocycles. The Hall–Kier alpha value is -2.16. The molecule has 16 heavy (non-hydrogen) atoms. The Morgan fingerprint density at radius 3 is 2.44 bits per heavy atom. The first kappa shape index (κ1) is 10.4. The number of benzene rings is 2. The van der Waals surface area contributed by atoms with Gasteiger partial charge in [-0.1, -0.05) is 24.3 Å². The molecule has 0 aliphatic carbocycles. The maximum absolute atomic E-state index is 12.9. The second-order valence-electron chi connectivity index (χ2n) is 3.35. The van der Waals surface area contributed by atoms with Crippen molar-refractivity contribution in [1.82, 2.24) is 0 Å². The Morgan fingerprint density at radius 2 is 1.75 bits per heavy atom. The van der Waals surface area contributed by atoms with Gasteiger partial charge in [0.2, 0.25) is 5.69 Å². The Labute approximate surface area is 92.9 Å². The summed E-state index contributed by atoms with van der Waals surface area (Å²) in [5.41, 5.74) is 1.06. The average Bonchev–Trinajstić information content (AvgIpc) is 2.30. The first-order valence-electron chi connectivity index (χ1n) is 4.87. The Kier molecular flexibility index (Phi) is 2.96. The number of rotatable bonds is 2. The molecule has 0 fully saturated rings. The smallest absolute Gasteiger partial charge is 0.216 e. The molecule has 0 saturated heterocycles. The van der Waals surface area contributed by atoms with E-state index < -0.39 is 0 Å². The predicted molar refractivity (Wildman–Crippen MR) is 61.3 cm³/mol. The van der Waals surface area contributed by atoms with E-state index >= 15 is 0 Å². The minimum absolute atomic E-state index is 0.352. The second kappa shape index (κ2) is 4.57. The summed E-state index contributed by atoms with van der Waals surface area (Å²) < 4.78 is 13.6. The highest BCUT2D eigenvalue weighted by Crippen LogP contribution is 2.09. The summed E-state index contributed by atoms with van der Waals surface area (Å²) in [6.45, 7) is 0. The fourth-order valence-electron chi connectivity index (χ4n) is 1.37. The van der Waals surface area contributed by atoms with Gasteiger partial charge >= 0.3 is 0 Å². The van der Waals surface area contributed by atoms with Crippen LogP contribution in [0.2, 0.25) is 0 Å². The van der Waals surface area contributed by atoms with Gasteiger partial charge in [0.1, 0.15) is 5.82 Å². The summed E-state index contributed by atoms with van der Waals surface area (Å²) in [5, 5.41) is 11.7. The van der Waals surface area contributed by atoms with Crippen LogP contribution in [0.15, 0.2) is 54.6 Å². The van der Waals surface area contributed by atoms with E-state index in [1.165, 1.54) is 18.3 Å². The molecule has 0 atom stereocenters. The third-order valence-corrected chi connectivity index (χ3v) is 2.13. The molecule has 0 amide bonds. The van der Waals surface area contributed by atoms with E-state index in [0.717, 1.165) is 4.74 Å². The van der Waals surface area contributed by atoms with E-state index in [-0.39, 0.29) is 5.82 Å². The third-order valence-electron chi connectivity index (χ3n) is 2.13. The van der Waals surface area contributed by atoms with Gasteiger partial charge in [-0.2, -0.15) is 4.74 Å². The molecule has 2 rings (SSSR count). The van der Waals surface area contributed by atoms with E-state index in [4.69, 9.17) is 0 Å². The highest BCUT2D eigenvalue weighted by atomic mass is 19.1. The van der Waals surface area contributed by atoms with Crippen molar-refractivity contribution in [1.29, 1.82) is 0 Å². The normalized spacial score (nSPS) is 11.4. The summed E-state index contributed by atoms with van der Waals surface area (Å²) in [5.74, 6) is -0.352. The van der Waals surface area contributed by atoms with Gasteiger partial charge in [0, 0.05) is 17.7 Å². The van der Waals surface area contributed by atoms with Gasteiger partial charge in [0.15, 0.2) is 6.21 Å². The van der Waals surface area contributed by atoms with Crippen LogP contribution in [0.3, 0.4) is 0 Å². The lowest BCUT2D eigenvalue weighted by molar-refractivity contribution is -0.354. The molecule has 0 heterocycles. The lowest BCUT2D eigenvalue weighted by Gasteiger charge is -2.02. The van der Waals surface area contributed by atoms with Gasteiger partial charge < -0.3 is 5.21 Å². The van der Waals surface area contributed by atoms with Crippen LogP contribution in [-0.4, -0.2) is 11.0 Å². The number of halogens is 1. The monoisotopic (exact) mass is 215 g/mol. The third kappa shape index (κ3) is 2.45. The van der Waals surface area contributed by atoms with Crippen LogP contribution < -0.4 is 0 Å². The number of hydrogen-bond donors (Lipinski definition) is 0. The lowest BCUT2D eigenvalue weighted by Crippen LogP contribution is -1.98. The zero-order chi connectivity index (χ0) is 11.4. The minimum Gasteiger partial charge on any atom is -0.618 e. The van der Waals surface area contributed by atoms with Gasteiger partial charge in [-0.3, -0.25) is 0 Å². The van der Waals surface area contributed by atoms with Gasteiger partial charge in [-0.25, -0.2) is 4.39 Å². The molecule has 2 nitrogen and oxygen atoms in total. The summed E-state index contributed by atoms with van der Waals surface area (Å²) >= 11 is 0. The van der Waals surface area contributed by atoms with E-state index in [0.29, 0.717) is 11.3 Å². The summed E-state index contributed by atoms with van der Waals surface area (Å²) in [7, 11) is 0. The summed E-state index contributed by atoms with van der Waals surface area (Å²) in [6.07, 6.45) is 1.35. The second-order valence-corrected chi connectivity index (χ2v) is 3.35. The molecule has 0 spiro atoms. The zero-order valence-corrected chi connectivity index (χ0v) is 8.51. The van der Waals surface area contributed by atoms with Crippen LogP contribution in [0.25, 0.3) is 0 Å². The highest BCUT2D eigenvalue weighted by molar-refractivity contribution is 5.76. The molecule has 0 unspecified atom stereocenters. The molecule has 80 valence electrons. The fourth-order valence-corrected chi connectivity index (χ4v) is 1.37. The molecule has 0 aromatic heterocycles. The molecule has 0 aliphatic rings. The SMILES string of the molecule is [O-]/[N+](=C\c1cccc(F)c1)c1ccccc1. The van der Waals surface area contributed by atoms with Crippen LogP contribution in [-0.2, 0) is 0 Å². The number of hydrogen-bond acceptors (Lipinski definition) is 1. The average molecular weight is 215 g/mol. The first-order valence-corrected chi connectivity index (χ1v) is 4.87. The van der Waals surface area contributed by atoms with Gasteiger partial charge in [-0.05, 0) is 18.2 Å². The number of para-hydroxylation sites is 1. The van der Waals surface area contributed by atoms with Crippen LogP contribution in [0.5, 0.6) is 0 Å². The van der Waals surface area contributed by atoms with Gasteiger partial charge in [-0.15, -0.1) is 0 Å². The van der Waals surface area contributed by atoms with E-state index in [2.05, 4.69) is 0 Å². The Morgan fingerprint density at radius 1 is 1.00 bits per heavy atom. The van der Waals surface area contributed by atoms with Crippen molar-refractivity contribution < 1.29 is 9.13 Å². The molecular formula is C13H10FNO. The summed E-state index contributed by atoms with van der Waals surface area (Å²) in [6, 6.07) is 14.7. The maximum atomic E-state index is 12.9. The van der Waals surface area contributed by atoms with E-state index in [1.807, 2.05) is 6.07 Å². The molecular weight excluding hydrogens is 205 g/mol. The van der Waals surface area contributed by atoms with Crippen molar-refractivity contribution in [2.24, 2.45) is 0 Å². The van der Waals surface area contributed by atoms with Crippen molar-refractivity contribution in [3.63, 3.8) is 0 Å².